The summed E-state index contributed by atoms with van der Waals surface area (Å²) in [5.74, 6) is -0.351. The predicted octanol–water partition coefficient (Wildman–Crippen LogP) is 3.49. The Labute approximate surface area is 169 Å². The Morgan fingerprint density at radius 1 is 1.14 bits per heavy atom. The standard InChI is InChI=1S/C20H23ClN4O3/c1-14(15-3-6-17(21)7-4-15)22-20(26)16-5-8-18(19(13-16)25(27)28)24-11-9-23(2)10-12-24/h3-8,13-14H,9-12H2,1-2H3,(H,22,26)/t14-/m0/s1. The summed E-state index contributed by atoms with van der Waals surface area (Å²) in [5, 5.41) is 15.1. The van der Waals surface area contributed by atoms with Crippen molar-refractivity contribution in [1.82, 2.24) is 10.2 Å². The molecule has 0 saturated carbocycles. The number of carbonyl (C=O) groups is 1. The maximum absolute atomic E-state index is 12.6. The van der Waals surface area contributed by atoms with Gasteiger partial charge in [-0.15, -0.1) is 0 Å². The van der Waals surface area contributed by atoms with Gasteiger partial charge in [0.25, 0.3) is 11.6 Å². The topological polar surface area (TPSA) is 78.7 Å². The first-order valence-electron chi connectivity index (χ1n) is 9.13. The van der Waals surface area contributed by atoms with E-state index < -0.39 is 4.92 Å². The van der Waals surface area contributed by atoms with Gasteiger partial charge in [-0.1, -0.05) is 23.7 Å². The van der Waals surface area contributed by atoms with Crippen LogP contribution in [0.3, 0.4) is 0 Å². The van der Waals surface area contributed by atoms with Gasteiger partial charge in [0.1, 0.15) is 5.69 Å². The van der Waals surface area contributed by atoms with Crippen molar-refractivity contribution < 1.29 is 9.72 Å². The number of benzene rings is 2. The maximum Gasteiger partial charge on any atom is 0.293 e. The summed E-state index contributed by atoms with van der Waals surface area (Å²) in [5.41, 5.74) is 1.68. The highest BCUT2D eigenvalue weighted by molar-refractivity contribution is 6.30. The number of nitro groups is 1. The molecule has 0 bridgehead atoms. The summed E-state index contributed by atoms with van der Waals surface area (Å²) >= 11 is 5.89. The smallest absolute Gasteiger partial charge is 0.293 e. The number of halogens is 1. The largest absolute Gasteiger partial charge is 0.363 e. The van der Waals surface area contributed by atoms with Crippen LogP contribution in [0.4, 0.5) is 11.4 Å². The summed E-state index contributed by atoms with van der Waals surface area (Å²) in [6, 6.07) is 11.6. The van der Waals surface area contributed by atoms with E-state index in [4.69, 9.17) is 11.6 Å². The Hall–Kier alpha value is -2.64. The van der Waals surface area contributed by atoms with Crippen molar-refractivity contribution in [2.75, 3.05) is 38.1 Å². The molecule has 0 spiro atoms. The first kappa shape index (κ1) is 20.1. The van der Waals surface area contributed by atoms with Gasteiger partial charge in [0.2, 0.25) is 0 Å². The molecule has 0 unspecified atom stereocenters. The summed E-state index contributed by atoms with van der Waals surface area (Å²) in [6.07, 6.45) is 0. The molecule has 1 aliphatic heterocycles. The van der Waals surface area contributed by atoms with Crippen molar-refractivity contribution >= 4 is 28.9 Å². The molecule has 8 heteroatoms. The number of amides is 1. The molecule has 1 N–H and O–H groups in total. The Morgan fingerprint density at radius 3 is 2.39 bits per heavy atom. The van der Waals surface area contributed by atoms with Crippen LogP contribution in [0, 0.1) is 10.1 Å². The van der Waals surface area contributed by atoms with Crippen molar-refractivity contribution in [3.63, 3.8) is 0 Å². The molecule has 1 fully saturated rings. The molecule has 0 aromatic heterocycles. The fourth-order valence-corrected chi connectivity index (χ4v) is 3.37. The molecule has 0 aliphatic carbocycles. The molecule has 1 aliphatic rings. The van der Waals surface area contributed by atoms with Crippen molar-refractivity contribution in [2.45, 2.75) is 13.0 Å². The van der Waals surface area contributed by atoms with E-state index >= 15 is 0 Å². The summed E-state index contributed by atoms with van der Waals surface area (Å²) < 4.78 is 0. The Kier molecular flexibility index (Phi) is 6.16. The first-order chi connectivity index (χ1) is 13.3. The van der Waals surface area contributed by atoms with Crippen LogP contribution in [0.5, 0.6) is 0 Å². The van der Waals surface area contributed by atoms with Gasteiger partial charge in [0, 0.05) is 42.8 Å². The van der Waals surface area contributed by atoms with E-state index in [-0.39, 0.29) is 23.2 Å². The zero-order valence-corrected chi connectivity index (χ0v) is 16.6. The molecular formula is C20H23ClN4O3. The zero-order valence-electron chi connectivity index (χ0n) is 15.9. The van der Waals surface area contributed by atoms with Gasteiger partial charge in [0.15, 0.2) is 0 Å². The number of piperazine rings is 1. The van der Waals surface area contributed by atoms with Crippen LogP contribution in [-0.4, -0.2) is 49.0 Å². The van der Waals surface area contributed by atoms with E-state index in [2.05, 4.69) is 10.2 Å². The third kappa shape index (κ3) is 4.61. The van der Waals surface area contributed by atoms with E-state index in [0.717, 1.165) is 31.7 Å². The minimum Gasteiger partial charge on any atom is -0.363 e. The summed E-state index contributed by atoms with van der Waals surface area (Å²) in [6.45, 7) is 4.98. The fraction of sp³-hybridized carbons (Fsp3) is 0.350. The fourth-order valence-electron chi connectivity index (χ4n) is 3.24. The normalized spacial score (nSPS) is 15.9. The molecule has 1 atom stereocenters. The average Bonchev–Trinajstić information content (AvgIpc) is 2.68. The molecule has 1 amide bonds. The van der Waals surface area contributed by atoms with Gasteiger partial charge < -0.3 is 15.1 Å². The van der Waals surface area contributed by atoms with E-state index in [1.807, 2.05) is 31.0 Å². The highest BCUT2D eigenvalue weighted by Crippen LogP contribution is 2.30. The van der Waals surface area contributed by atoms with Crippen molar-refractivity contribution in [1.29, 1.82) is 0 Å². The van der Waals surface area contributed by atoms with Gasteiger partial charge in [-0.25, -0.2) is 0 Å². The van der Waals surface area contributed by atoms with Crippen molar-refractivity contribution in [3.05, 3.63) is 68.7 Å². The number of nitro benzene ring substituents is 1. The predicted molar refractivity (Wildman–Crippen MR) is 110 cm³/mol. The molecular weight excluding hydrogens is 380 g/mol. The molecule has 1 heterocycles. The Morgan fingerprint density at radius 2 is 1.79 bits per heavy atom. The van der Waals surface area contributed by atoms with Crippen LogP contribution in [-0.2, 0) is 0 Å². The number of nitrogens with zero attached hydrogens (tertiary/aromatic N) is 3. The second-order valence-corrected chi connectivity index (χ2v) is 7.43. The number of carbonyl (C=O) groups excluding carboxylic acids is 1. The summed E-state index contributed by atoms with van der Waals surface area (Å²) in [4.78, 5) is 28.0. The lowest BCUT2D eigenvalue weighted by Crippen LogP contribution is -2.44. The first-order valence-corrected chi connectivity index (χ1v) is 9.51. The molecule has 2 aromatic rings. The van der Waals surface area contributed by atoms with Gasteiger partial charge >= 0.3 is 0 Å². The number of hydrogen-bond acceptors (Lipinski definition) is 5. The molecule has 0 radical (unpaired) electrons. The van der Waals surface area contributed by atoms with Crippen LogP contribution < -0.4 is 10.2 Å². The minimum atomic E-state index is -0.424. The third-order valence-corrected chi connectivity index (χ3v) is 5.25. The van der Waals surface area contributed by atoms with Gasteiger partial charge in [-0.05, 0) is 43.8 Å². The molecule has 3 rings (SSSR count). The molecule has 7 nitrogen and oxygen atoms in total. The highest BCUT2D eigenvalue weighted by Gasteiger charge is 2.24. The van der Waals surface area contributed by atoms with Crippen LogP contribution in [0.2, 0.25) is 5.02 Å². The minimum absolute atomic E-state index is 0.0450. The number of rotatable bonds is 5. The SMILES string of the molecule is C[C@H](NC(=O)c1ccc(N2CCN(C)CC2)c([N+](=O)[O-])c1)c1ccc(Cl)cc1. The van der Waals surface area contributed by atoms with Crippen molar-refractivity contribution in [2.24, 2.45) is 0 Å². The lowest BCUT2D eigenvalue weighted by Gasteiger charge is -2.33. The van der Waals surface area contributed by atoms with Gasteiger partial charge in [-0.2, -0.15) is 0 Å². The number of nitrogens with one attached hydrogen (secondary N) is 1. The van der Waals surface area contributed by atoms with Crippen LogP contribution in [0.1, 0.15) is 28.9 Å². The zero-order chi connectivity index (χ0) is 20.3. The quantitative estimate of drug-likeness (QED) is 0.611. The second-order valence-electron chi connectivity index (χ2n) is 7.00. The number of anilines is 1. The highest BCUT2D eigenvalue weighted by atomic mass is 35.5. The van der Waals surface area contributed by atoms with Crippen LogP contribution in [0.15, 0.2) is 42.5 Å². The Balaban J connectivity index is 1.78. The summed E-state index contributed by atoms with van der Waals surface area (Å²) in [7, 11) is 2.03. The monoisotopic (exact) mass is 402 g/mol. The Bertz CT molecular complexity index is 864. The van der Waals surface area contributed by atoms with Gasteiger partial charge in [-0.3, -0.25) is 14.9 Å². The third-order valence-electron chi connectivity index (χ3n) is 5.00. The molecule has 148 valence electrons. The second kappa shape index (κ2) is 8.58. The number of likely N-dealkylation sites (N-methyl/N-ethyl adjacent to an activating group) is 1. The maximum atomic E-state index is 12.6. The average molecular weight is 403 g/mol. The molecule has 2 aromatic carbocycles. The van der Waals surface area contributed by atoms with E-state index in [9.17, 15) is 14.9 Å². The van der Waals surface area contributed by atoms with Crippen LogP contribution in [0.25, 0.3) is 0 Å². The van der Waals surface area contributed by atoms with Crippen molar-refractivity contribution in [3.8, 4) is 0 Å². The van der Waals surface area contributed by atoms with E-state index in [0.29, 0.717) is 10.7 Å². The van der Waals surface area contributed by atoms with Crippen LogP contribution >= 0.6 is 11.6 Å². The lowest BCUT2D eigenvalue weighted by atomic mass is 10.1. The lowest BCUT2D eigenvalue weighted by molar-refractivity contribution is -0.384. The number of hydrogen-bond donors (Lipinski definition) is 1. The molecule has 1 saturated heterocycles. The van der Waals surface area contributed by atoms with Gasteiger partial charge in [0.05, 0.1) is 11.0 Å². The van der Waals surface area contributed by atoms with E-state index in [1.165, 1.54) is 6.07 Å². The molecule has 28 heavy (non-hydrogen) atoms. The van der Waals surface area contributed by atoms with E-state index in [1.54, 1.807) is 24.3 Å².